The van der Waals surface area contributed by atoms with E-state index in [1.165, 1.54) is 73.6 Å². The first-order valence-electron chi connectivity index (χ1n) is 16.6. The van der Waals surface area contributed by atoms with Gasteiger partial charge in [0.2, 0.25) is 0 Å². The van der Waals surface area contributed by atoms with E-state index >= 15 is 0 Å². The van der Waals surface area contributed by atoms with Gasteiger partial charge in [0, 0.05) is 18.0 Å². The molecule has 1 fully saturated rings. The van der Waals surface area contributed by atoms with Gasteiger partial charge in [-0.1, -0.05) is 83.0 Å². The summed E-state index contributed by atoms with van der Waals surface area (Å²) >= 11 is 0. The number of phenols is 1. The lowest BCUT2D eigenvalue weighted by atomic mass is 9.61. The van der Waals surface area contributed by atoms with Gasteiger partial charge in [-0.2, -0.15) is 0 Å². The maximum Gasteiger partial charge on any atom is 0.116 e. The molecule has 0 spiro atoms. The summed E-state index contributed by atoms with van der Waals surface area (Å²) in [7, 11) is 0. The molecule has 2 heteroatoms. The predicted molar refractivity (Wildman–Crippen MR) is 170 cm³/mol. The van der Waals surface area contributed by atoms with Crippen molar-refractivity contribution in [1.82, 2.24) is 5.32 Å². The smallest absolute Gasteiger partial charge is 0.116 e. The molecule has 0 aliphatic heterocycles. The van der Waals surface area contributed by atoms with Crippen molar-refractivity contribution in [3.63, 3.8) is 0 Å². The maximum atomic E-state index is 10.9. The molecule has 3 aliphatic rings. The Morgan fingerprint density at radius 2 is 1.77 bits per heavy atom. The third kappa shape index (κ3) is 7.04. The molecule has 0 aromatic heterocycles. The van der Waals surface area contributed by atoms with Gasteiger partial charge in [0.25, 0.3) is 0 Å². The molecular formula is C38H55NO. The van der Waals surface area contributed by atoms with Crippen LogP contribution in [0.2, 0.25) is 0 Å². The number of hydrogen-bond acceptors (Lipinski definition) is 2. The molecule has 2 aromatic carbocycles. The van der Waals surface area contributed by atoms with Crippen molar-refractivity contribution < 1.29 is 5.11 Å². The molecule has 2 nitrogen and oxygen atoms in total. The zero-order valence-corrected chi connectivity index (χ0v) is 26.0. The SMILES string of the molecule is CC(C)CC[C@H](C)N[C@H]1CC[C@H](c2cc(O)cc(C[C@H]3CCC[C@H]([C@@]4(C)C=CC[C@@H](C)C4)C3)c2)c2ccccc21. The van der Waals surface area contributed by atoms with E-state index in [2.05, 4.69) is 82.4 Å². The Morgan fingerprint density at radius 3 is 2.55 bits per heavy atom. The van der Waals surface area contributed by atoms with E-state index in [1.807, 2.05) is 12.1 Å². The second-order valence-electron chi connectivity index (χ2n) is 14.7. The van der Waals surface area contributed by atoms with Crippen molar-refractivity contribution in [1.29, 1.82) is 0 Å². The third-order valence-corrected chi connectivity index (χ3v) is 10.6. The quantitative estimate of drug-likeness (QED) is 0.310. The number of hydrogen-bond donors (Lipinski definition) is 2. The van der Waals surface area contributed by atoms with Crippen LogP contribution < -0.4 is 5.32 Å². The van der Waals surface area contributed by atoms with Gasteiger partial charge in [-0.25, -0.2) is 0 Å². The van der Waals surface area contributed by atoms with E-state index in [9.17, 15) is 5.11 Å². The van der Waals surface area contributed by atoms with Crippen molar-refractivity contribution in [2.75, 3.05) is 0 Å². The normalized spacial score (nSPS) is 31.2. The zero-order valence-electron chi connectivity index (χ0n) is 26.0. The molecule has 7 atom stereocenters. The van der Waals surface area contributed by atoms with Crippen LogP contribution in [0, 0.1) is 29.1 Å². The minimum absolute atomic E-state index is 0.359. The summed E-state index contributed by atoms with van der Waals surface area (Å²) in [5.41, 5.74) is 5.90. The van der Waals surface area contributed by atoms with Gasteiger partial charge in [0.15, 0.2) is 0 Å². The van der Waals surface area contributed by atoms with Crippen LogP contribution in [0.1, 0.15) is 133 Å². The van der Waals surface area contributed by atoms with E-state index in [1.54, 1.807) is 0 Å². The lowest BCUT2D eigenvalue weighted by molar-refractivity contribution is 0.119. The van der Waals surface area contributed by atoms with E-state index in [0.29, 0.717) is 29.2 Å². The minimum Gasteiger partial charge on any atom is -0.508 e. The lowest BCUT2D eigenvalue weighted by Crippen LogP contribution is -2.34. The van der Waals surface area contributed by atoms with Crippen LogP contribution in [-0.2, 0) is 6.42 Å². The highest BCUT2D eigenvalue weighted by atomic mass is 16.3. The molecule has 3 aliphatic carbocycles. The van der Waals surface area contributed by atoms with Crippen molar-refractivity contribution in [3.05, 3.63) is 76.9 Å². The second kappa shape index (κ2) is 12.8. The first kappa shape index (κ1) is 29.4. The van der Waals surface area contributed by atoms with Crippen LogP contribution >= 0.6 is 0 Å². The molecule has 2 aromatic rings. The molecule has 0 radical (unpaired) electrons. The van der Waals surface area contributed by atoms with Crippen molar-refractivity contribution in [3.8, 4) is 5.75 Å². The average Bonchev–Trinajstić information content (AvgIpc) is 2.92. The highest BCUT2D eigenvalue weighted by Crippen LogP contribution is 2.48. The Hall–Kier alpha value is -2.06. The zero-order chi connectivity index (χ0) is 28.3. The van der Waals surface area contributed by atoms with Gasteiger partial charge in [0.05, 0.1) is 0 Å². The van der Waals surface area contributed by atoms with E-state index in [4.69, 9.17) is 0 Å². The molecular weight excluding hydrogens is 486 g/mol. The third-order valence-electron chi connectivity index (χ3n) is 10.6. The molecule has 2 N–H and O–H groups in total. The minimum atomic E-state index is 0.359. The first-order valence-corrected chi connectivity index (χ1v) is 16.6. The largest absolute Gasteiger partial charge is 0.508 e. The number of allylic oxidation sites excluding steroid dienone is 2. The Kier molecular flexibility index (Phi) is 9.45. The topological polar surface area (TPSA) is 32.3 Å². The molecule has 0 saturated heterocycles. The number of benzene rings is 2. The van der Waals surface area contributed by atoms with Gasteiger partial charge in [0.1, 0.15) is 5.75 Å². The monoisotopic (exact) mass is 541 g/mol. The molecule has 0 amide bonds. The van der Waals surface area contributed by atoms with Crippen LogP contribution in [0.15, 0.2) is 54.6 Å². The van der Waals surface area contributed by atoms with Gasteiger partial charge in [-0.15, -0.1) is 0 Å². The second-order valence-corrected chi connectivity index (χ2v) is 14.7. The number of phenolic OH excluding ortho intramolecular Hbond substituents is 1. The Balaban J connectivity index is 1.30. The van der Waals surface area contributed by atoms with Crippen LogP contribution in [0.25, 0.3) is 0 Å². The average molecular weight is 542 g/mol. The van der Waals surface area contributed by atoms with Gasteiger partial charge < -0.3 is 10.4 Å². The molecule has 1 saturated carbocycles. The summed E-state index contributed by atoms with van der Waals surface area (Å²) in [6, 6.07) is 16.5. The number of rotatable bonds is 9. The summed E-state index contributed by atoms with van der Waals surface area (Å²) in [4.78, 5) is 0. The summed E-state index contributed by atoms with van der Waals surface area (Å²) in [6.07, 6.45) is 18.8. The van der Waals surface area contributed by atoms with Crippen LogP contribution in [0.5, 0.6) is 5.75 Å². The fourth-order valence-corrected chi connectivity index (χ4v) is 8.52. The highest BCUT2D eigenvalue weighted by Gasteiger charge is 2.38. The Morgan fingerprint density at radius 1 is 0.975 bits per heavy atom. The molecule has 5 rings (SSSR count). The van der Waals surface area contributed by atoms with E-state index in [0.717, 1.165) is 42.9 Å². The van der Waals surface area contributed by atoms with Gasteiger partial charge >= 0.3 is 0 Å². The molecule has 0 unspecified atom stereocenters. The van der Waals surface area contributed by atoms with E-state index in [-0.39, 0.29) is 0 Å². The molecule has 218 valence electrons. The van der Waals surface area contributed by atoms with Crippen molar-refractivity contribution in [2.24, 2.45) is 29.1 Å². The highest BCUT2D eigenvalue weighted by molar-refractivity contribution is 5.45. The summed E-state index contributed by atoms with van der Waals surface area (Å²) in [6.45, 7) is 11.9. The van der Waals surface area contributed by atoms with Crippen LogP contribution in [0.4, 0.5) is 0 Å². The van der Waals surface area contributed by atoms with Crippen molar-refractivity contribution in [2.45, 2.75) is 123 Å². The maximum absolute atomic E-state index is 10.9. The van der Waals surface area contributed by atoms with Crippen molar-refractivity contribution >= 4 is 0 Å². The molecule has 0 bridgehead atoms. The molecule has 0 heterocycles. The summed E-state index contributed by atoms with van der Waals surface area (Å²) < 4.78 is 0. The fraction of sp³-hybridized carbons (Fsp3) is 0.632. The summed E-state index contributed by atoms with van der Waals surface area (Å²) in [5.74, 6) is 3.87. The van der Waals surface area contributed by atoms with E-state index < -0.39 is 0 Å². The number of nitrogens with one attached hydrogen (secondary N) is 1. The van der Waals surface area contributed by atoms with Gasteiger partial charge in [-0.05, 0) is 128 Å². The van der Waals surface area contributed by atoms with Gasteiger partial charge in [-0.3, -0.25) is 0 Å². The standard InChI is InChI=1S/C38H55NO/c1-26(2)15-16-28(4)39-37-18-17-34(35-13-6-7-14-36(35)37)31-21-30(23-33(40)24-31)20-29-11-8-12-32(22-29)38(5)19-9-10-27(3)25-38/h6-7,9,13-14,19,21,23-24,26-29,32,34,37,39-40H,8,10-12,15-18,20,22,25H2,1-5H3/t27-,28+,29-,32+,34-,37+,38+/m1/s1. The summed E-state index contributed by atoms with van der Waals surface area (Å²) in [5, 5.41) is 14.8. The Bertz CT molecular complexity index is 1150. The number of fused-ring (bicyclic) bond motifs is 1. The number of aromatic hydroxyl groups is 1. The lowest BCUT2D eigenvalue weighted by Gasteiger charge is -2.43. The van der Waals surface area contributed by atoms with Crippen LogP contribution in [0.3, 0.4) is 0 Å². The Labute approximate surface area is 245 Å². The first-order chi connectivity index (χ1) is 19.2. The fourth-order valence-electron chi connectivity index (χ4n) is 8.52. The van der Waals surface area contributed by atoms with Crippen LogP contribution in [-0.4, -0.2) is 11.1 Å². The molecule has 40 heavy (non-hydrogen) atoms. The predicted octanol–water partition coefficient (Wildman–Crippen LogP) is 10.1.